The van der Waals surface area contributed by atoms with E-state index in [1.54, 1.807) is 6.07 Å². The Hall–Kier alpha value is -2.63. The Morgan fingerprint density at radius 2 is 1.64 bits per heavy atom. The van der Waals surface area contributed by atoms with Gasteiger partial charge >= 0.3 is 0 Å². The zero-order chi connectivity index (χ0) is 20.5. The van der Waals surface area contributed by atoms with Crippen molar-refractivity contribution >= 4 is 17.5 Å². The van der Waals surface area contributed by atoms with Gasteiger partial charge in [0.2, 0.25) is 5.95 Å². The van der Waals surface area contributed by atoms with Crippen molar-refractivity contribution in [1.29, 1.82) is 0 Å². The van der Waals surface area contributed by atoms with Gasteiger partial charge in [-0.1, -0.05) is 12.1 Å². The first kappa shape index (κ1) is 20.1. The number of benzene rings is 1. The number of hydrogen-bond donors (Lipinski definition) is 1. The van der Waals surface area contributed by atoms with E-state index < -0.39 is 0 Å². The second kappa shape index (κ2) is 7.78. The molecule has 0 saturated carbocycles. The van der Waals surface area contributed by atoms with Gasteiger partial charge in [-0.25, -0.2) is 9.97 Å². The van der Waals surface area contributed by atoms with E-state index in [4.69, 9.17) is 0 Å². The zero-order valence-electron chi connectivity index (χ0n) is 17.8. The fraction of sp³-hybridized carbons (Fsp3) is 0.500. The molecule has 1 aliphatic heterocycles. The molecule has 1 saturated heterocycles. The van der Waals surface area contributed by atoms with E-state index in [0.717, 1.165) is 31.9 Å². The van der Waals surface area contributed by atoms with Crippen molar-refractivity contribution < 1.29 is 4.79 Å². The molecule has 1 fully saturated rings. The minimum absolute atomic E-state index is 0.159. The van der Waals surface area contributed by atoms with E-state index in [9.17, 15) is 4.79 Å². The fourth-order valence-corrected chi connectivity index (χ4v) is 3.44. The third kappa shape index (κ3) is 4.61. The Balaban J connectivity index is 1.74. The average molecular weight is 382 g/mol. The molecule has 1 N–H and O–H groups in total. The van der Waals surface area contributed by atoms with Crippen molar-refractivity contribution in [3.63, 3.8) is 0 Å². The molecule has 0 atom stereocenters. The predicted molar refractivity (Wildman–Crippen MR) is 114 cm³/mol. The molecule has 0 spiro atoms. The quantitative estimate of drug-likeness (QED) is 0.884. The molecule has 0 aliphatic carbocycles. The van der Waals surface area contributed by atoms with E-state index in [1.165, 1.54) is 16.8 Å². The highest BCUT2D eigenvalue weighted by molar-refractivity contribution is 5.93. The van der Waals surface area contributed by atoms with Crippen molar-refractivity contribution in [3.05, 3.63) is 46.8 Å². The van der Waals surface area contributed by atoms with Crippen molar-refractivity contribution in [2.75, 3.05) is 36.0 Å². The van der Waals surface area contributed by atoms with Crippen molar-refractivity contribution in [3.8, 4) is 0 Å². The molecule has 1 aliphatic rings. The molecular formula is C22H31N5O. The molecule has 0 radical (unpaired) electrons. The highest BCUT2D eigenvalue weighted by Gasteiger charge is 2.23. The van der Waals surface area contributed by atoms with Crippen LogP contribution in [0.5, 0.6) is 0 Å². The molecule has 6 heteroatoms. The van der Waals surface area contributed by atoms with Crippen LogP contribution in [0.2, 0.25) is 0 Å². The molecule has 2 aromatic rings. The van der Waals surface area contributed by atoms with Crippen LogP contribution in [0.4, 0.5) is 11.6 Å². The number of piperazine rings is 1. The lowest BCUT2D eigenvalue weighted by Gasteiger charge is -2.37. The standard InChI is InChI=1S/C22H31N5O/c1-15-8-7-9-19(17(15)3)26-10-12-27(13-11-26)21-23-16(2)14-18(24-21)20(28)25-22(4,5)6/h7-9,14H,10-13H2,1-6H3,(H,25,28). The Bertz CT molecular complexity index is 864. The Morgan fingerprint density at radius 3 is 2.29 bits per heavy atom. The maximum Gasteiger partial charge on any atom is 0.270 e. The number of aromatic nitrogens is 2. The molecule has 2 heterocycles. The van der Waals surface area contributed by atoms with Crippen molar-refractivity contribution in [2.24, 2.45) is 0 Å². The summed E-state index contributed by atoms with van der Waals surface area (Å²) in [6.07, 6.45) is 0. The average Bonchev–Trinajstić information content (AvgIpc) is 2.62. The number of carbonyl (C=O) groups excluding carboxylic acids is 1. The molecule has 150 valence electrons. The third-order valence-corrected chi connectivity index (χ3v) is 5.04. The van der Waals surface area contributed by atoms with E-state index in [0.29, 0.717) is 11.6 Å². The molecule has 0 unspecified atom stereocenters. The molecule has 0 bridgehead atoms. The van der Waals surface area contributed by atoms with Gasteiger partial charge in [0.05, 0.1) is 0 Å². The lowest BCUT2D eigenvalue weighted by Crippen LogP contribution is -2.47. The summed E-state index contributed by atoms with van der Waals surface area (Å²) in [5.41, 5.74) is 4.89. The van der Waals surface area contributed by atoms with Gasteiger partial charge < -0.3 is 15.1 Å². The SMILES string of the molecule is Cc1cc(C(=O)NC(C)(C)C)nc(N2CCN(c3cccc(C)c3C)CC2)n1. The molecule has 1 aromatic carbocycles. The highest BCUT2D eigenvalue weighted by atomic mass is 16.2. The Kier molecular flexibility index (Phi) is 5.59. The van der Waals surface area contributed by atoms with Gasteiger partial charge in [0.25, 0.3) is 5.91 Å². The van der Waals surface area contributed by atoms with Crippen molar-refractivity contribution in [1.82, 2.24) is 15.3 Å². The maximum atomic E-state index is 12.5. The predicted octanol–water partition coefficient (Wildman–Crippen LogP) is 3.26. The van der Waals surface area contributed by atoms with Crippen LogP contribution in [0.3, 0.4) is 0 Å². The van der Waals surface area contributed by atoms with Crippen LogP contribution < -0.4 is 15.1 Å². The van der Waals surface area contributed by atoms with E-state index in [-0.39, 0.29) is 11.4 Å². The summed E-state index contributed by atoms with van der Waals surface area (Å²) in [7, 11) is 0. The maximum absolute atomic E-state index is 12.5. The van der Waals surface area contributed by atoms with Gasteiger partial charge in [0, 0.05) is 43.1 Å². The van der Waals surface area contributed by atoms with Gasteiger partial charge in [-0.3, -0.25) is 4.79 Å². The number of nitrogens with zero attached hydrogens (tertiary/aromatic N) is 4. The van der Waals surface area contributed by atoms with E-state index >= 15 is 0 Å². The number of carbonyl (C=O) groups is 1. The van der Waals surface area contributed by atoms with Gasteiger partial charge in [0.1, 0.15) is 5.69 Å². The summed E-state index contributed by atoms with van der Waals surface area (Å²) in [5.74, 6) is 0.480. The van der Waals surface area contributed by atoms with Crippen LogP contribution in [0.25, 0.3) is 0 Å². The van der Waals surface area contributed by atoms with Crippen LogP contribution in [-0.4, -0.2) is 47.6 Å². The molecule has 3 rings (SSSR count). The lowest BCUT2D eigenvalue weighted by atomic mass is 10.1. The Labute approximate surface area is 168 Å². The summed E-state index contributed by atoms with van der Waals surface area (Å²) in [6, 6.07) is 8.21. The summed E-state index contributed by atoms with van der Waals surface area (Å²) in [4.78, 5) is 26.3. The van der Waals surface area contributed by atoms with Crippen LogP contribution in [-0.2, 0) is 0 Å². The summed E-state index contributed by atoms with van der Waals surface area (Å²) >= 11 is 0. The lowest BCUT2D eigenvalue weighted by molar-refractivity contribution is 0.0914. The second-order valence-electron chi connectivity index (χ2n) is 8.59. The van der Waals surface area contributed by atoms with Crippen LogP contribution in [0.1, 0.15) is 48.1 Å². The smallest absolute Gasteiger partial charge is 0.270 e. The summed E-state index contributed by atoms with van der Waals surface area (Å²) in [5, 5.41) is 2.98. The number of amides is 1. The van der Waals surface area contributed by atoms with Gasteiger partial charge in [-0.05, 0) is 64.8 Å². The number of aryl methyl sites for hydroxylation is 2. The normalized spacial score (nSPS) is 14.9. The first-order valence-corrected chi connectivity index (χ1v) is 9.88. The van der Waals surface area contributed by atoms with Crippen molar-refractivity contribution in [2.45, 2.75) is 47.1 Å². The summed E-state index contributed by atoms with van der Waals surface area (Å²) in [6.45, 7) is 15.6. The van der Waals surface area contributed by atoms with Crippen LogP contribution in [0, 0.1) is 20.8 Å². The number of anilines is 2. The molecule has 28 heavy (non-hydrogen) atoms. The van der Waals surface area contributed by atoms with Crippen LogP contribution in [0.15, 0.2) is 24.3 Å². The minimum atomic E-state index is -0.298. The molecule has 6 nitrogen and oxygen atoms in total. The monoisotopic (exact) mass is 381 g/mol. The largest absolute Gasteiger partial charge is 0.368 e. The molecule has 1 amide bonds. The fourth-order valence-electron chi connectivity index (χ4n) is 3.44. The van der Waals surface area contributed by atoms with Gasteiger partial charge in [-0.15, -0.1) is 0 Å². The second-order valence-corrected chi connectivity index (χ2v) is 8.59. The highest BCUT2D eigenvalue weighted by Crippen LogP contribution is 2.24. The summed E-state index contributed by atoms with van der Waals surface area (Å²) < 4.78 is 0. The van der Waals surface area contributed by atoms with E-state index in [2.05, 4.69) is 57.1 Å². The molecule has 1 aromatic heterocycles. The topological polar surface area (TPSA) is 61.4 Å². The van der Waals surface area contributed by atoms with E-state index in [1.807, 2.05) is 27.7 Å². The first-order valence-electron chi connectivity index (χ1n) is 9.88. The first-order chi connectivity index (χ1) is 13.1. The van der Waals surface area contributed by atoms with Crippen LogP contribution >= 0.6 is 0 Å². The minimum Gasteiger partial charge on any atom is -0.368 e. The van der Waals surface area contributed by atoms with Gasteiger partial charge in [-0.2, -0.15) is 0 Å². The number of rotatable bonds is 3. The zero-order valence-corrected chi connectivity index (χ0v) is 17.8. The van der Waals surface area contributed by atoms with Gasteiger partial charge in [0.15, 0.2) is 0 Å². The molecular weight excluding hydrogens is 350 g/mol. The number of nitrogens with one attached hydrogen (secondary N) is 1. The third-order valence-electron chi connectivity index (χ3n) is 5.04. The number of hydrogen-bond acceptors (Lipinski definition) is 5. The Morgan fingerprint density at radius 1 is 1.00 bits per heavy atom.